The fourth-order valence-electron chi connectivity index (χ4n) is 0.951. The van der Waals surface area contributed by atoms with Gasteiger partial charge in [0, 0.05) is 14.1 Å². The van der Waals surface area contributed by atoms with Crippen molar-refractivity contribution in [1.82, 2.24) is 4.98 Å². The fraction of sp³-hybridized carbons (Fsp3) is 0.571. The molecule has 15 heavy (non-hydrogen) atoms. The summed E-state index contributed by atoms with van der Waals surface area (Å²) in [6, 6.07) is 0. The molecule has 0 aliphatic rings. The maximum Gasteiger partial charge on any atom is 0.230 e. The summed E-state index contributed by atoms with van der Waals surface area (Å²) in [6.07, 6.45) is 0. The molecule has 0 spiro atoms. The zero-order chi connectivity index (χ0) is 11.6. The number of rotatable bonds is 4. The summed E-state index contributed by atoms with van der Waals surface area (Å²) in [6.45, 7) is 0. The summed E-state index contributed by atoms with van der Waals surface area (Å²) in [5.41, 5.74) is 0. The summed E-state index contributed by atoms with van der Waals surface area (Å²) in [5.74, 6) is 0.0690. The van der Waals surface area contributed by atoms with Crippen molar-refractivity contribution in [2.75, 3.05) is 26.1 Å². The first-order valence-electron chi connectivity index (χ1n) is 4.05. The van der Waals surface area contributed by atoms with Gasteiger partial charge in [-0.25, -0.2) is 13.6 Å². The molecule has 0 radical (unpaired) electrons. The van der Waals surface area contributed by atoms with Crippen molar-refractivity contribution in [3.05, 3.63) is 4.88 Å². The molecule has 0 aromatic carbocycles. The number of hydrogen-bond donors (Lipinski definition) is 1. The Bertz CT molecular complexity index is 438. The van der Waals surface area contributed by atoms with Crippen LogP contribution in [0.5, 0.6) is 5.88 Å². The van der Waals surface area contributed by atoms with E-state index in [-0.39, 0.29) is 5.75 Å². The second kappa shape index (κ2) is 4.33. The molecule has 0 bridgehead atoms. The smallest absolute Gasteiger partial charge is 0.230 e. The van der Waals surface area contributed by atoms with Crippen LogP contribution in [-0.4, -0.2) is 34.6 Å². The molecule has 0 saturated carbocycles. The topological polar surface area (TPSA) is 85.5 Å². The Hall–Kier alpha value is -0.860. The maximum atomic E-state index is 10.9. The van der Waals surface area contributed by atoms with Crippen LogP contribution in [0.4, 0.5) is 5.13 Å². The number of nitrogens with zero attached hydrogens (tertiary/aromatic N) is 2. The highest BCUT2D eigenvalue weighted by Gasteiger charge is 2.17. The van der Waals surface area contributed by atoms with Crippen LogP contribution in [0.2, 0.25) is 0 Å². The average molecular weight is 251 g/mol. The third kappa shape index (κ3) is 3.33. The first kappa shape index (κ1) is 12.2. The second-order valence-corrected chi connectivity index (χ2v) is 5.81. The zero-order valence-corrected chi connectivity index (χ0v) is 10.4. The number of anilines is 1. The van der Waals surface area contributed by atoms with E-state index in [4.69, 9.17) is 9.88 Å². The van der Waals surface area contributed by atoms with Crippen molar-refractivity contribution in [1.29, 1.82) is 0 Å². The third-order valence-corrected chi connectivity index (χ3v) is 3.64. The third-order valence-electron chi connectivity index (χ3n) is 1.56. The second-order valence-electron chi connectivity index (χ2n) is 3.13. The van der Waals surface area contributed by atoms with Crippen molar-refractivity contribution >= 4 is 26.5 Å². The van der Waals surface area contributed by atoms with Gasteiger partial charge in [0.15, 0.2) is 5.13 Å². The van der Waals surface area contributed by atoms with Crippen LogP contribution >= 0.6 is 11.3 Å². The molecule has 1 rings (SSSR count). The monoisotopic (exact) mass is 251 g/mol. The summed E-state index contributed by atoms with van der Waals surface area (Å²) in [4.78, 5) is 6.41. The molecule has 0 aliphatic heterocycles. The molecule has 1 heterocycles. The molecule has 2 N–H and O–H groups in total. The standard InChI is InChI=1S/C7H13N3O3S2/c1-10(2)7-9-6(13-3)5(14-7)4-15(8,11)12/h4H2,1-3H3,(H2,8,11,12). The quantitative estimate of drug-likeness (QED) is 0.814. The summed E-state index contributed by atoms with van der Waals surface area (Å²) in [5, 5.41) is 5.64. The summed E-state index contributed by atoms with van der Waals surface area (Å²) in [7, 11) is 1.53. The molecule has 1 aromatic rings. The van der Waals surface area contributed by atoms with Gasteiger partial charge < -0.3 is 9.64 Å². The Balaban J connectivity index is 3.06. The molecule has 8 heteroatoms. The predicted octanol–water partition coefficient (Wildman–Crippen LogP) is 0.00620. The van der Waals surface area contributed by atoms with E-state index in [2.05, 4.69) is 4.98 Å². The van der Waals surface area contributed by atoms with Crippen LogP contribution in [0, 0.1) is 0 Å². The number of primary sulfonamides is 1. The Morgan fingerprint density at radius 1 is 1.53 bits per heavy atom. The normalized spacial score (nSPS) is 11.5. The van der Waals surface area contributed by atoms with Crippen LogP contribution in [-0.2, 0) is 15.8 Å². The molecular weight excluding hydrogens is 238 g/mol. The van der Waals surface area contributed by atoms with Crippen LogP contribution in [0.1, 0.15) is 4.88 Å². The van der Waals surface area contributed by atoms with E-state index < -0.39 is 10.0 Å². The molecule has 0 amide bonds. The van der Waals surface area contributed by atoms with Crippen LogP contribution in [0.25, 0.3) is 0 Å². The van der Waals surface area contributed by atoms with E-state index in [0.29, 0.717) is 15.9 Å². The van der Waals surface area contributed by atoms with E-state index in [1.54, 1.807) is 4.90 Å². The van der Waals surface area contributed by atoms with Gasteiger partial charge in [-0.2, -0.15) is 4.98 Å². The summed E-state index contributed by atoms with van der Waals surface area (Å²) >= 11 is 1.25. The number of aromatic nitrogens is 1. The highest BCUT2D eigenvalue weighted by Crippen LogP contribution is 2.31. The predicted molar refractivity (Wildman–Crippen MR) is 59.8 cm³/mol. The van der Waals surface area contributed by atoms with Gasteiger partial charge in [-0.1, -0.05) is 11.3 Å². The van der Waals surface area contributed by atoms with Crippen molar-refractivity contribution in [3.63, 3.8) is 0 Å². The average Bonchev–Trinajstić information content (AvgIpc) is 2.44. The maximum absolute atomic E-state index is 10.9. The lowest BCUT2D eigenvalue weighted by molar-refractivity contribution is 0.397. The lowest BCUT2D eigenvalue weighted by atomic mass is 10.6. The molecule has 0 fully saturated rings. The van der Waals surface area contributed by atoms with Gasteiger partial charge >= 0.3 is 0 Å². The lowest BCUT2D eigenvalue weighted by Gasteiger charge is -2.04. The molecule has 0 saturated heterocycles. The Kier molecular flexibility index (Phi) is 3.53. The van der Waals surface area contributed by atoms with Gasteiger partial charge in [0.1, 0.15) is 5.75 Å². The van der Waals surface area contributed by atoms with Crippen molar-refractivity contribution in [2.24, 2.45) is 5.14 Å². The van der Waals surface area contributed by atoms with Gasteiger partial charge in [0.05, 0.1) is 12.0 Å². The minimum Gasteiger partial charge on any atom is -0.480 e. The Morgan fingerprint density at radius 2 is 2.13 bits per heavy atom. The lowest BCUT2D eigenvalue weighted by Crippen LogP contribution is -2.14. The number of nitrogens with two attached hydrogens (primary N) is 1. The van der Waals surface area contributed by atoms with Crippen molar-refractivity contribution < 1.29 is 13.2 Å². The highest BCUT2D eigenvalue weighted by atomic mass is 32.2. The number of sulfonamides is 1. The largest absolute Gasteiger partial charge is 0.480 e. The van der Waals surface area contributed by atoms with E-state index >= 15 is 0 Å². The Morgan fingerprint density at radius 3 is 2.53 bits per heavy atom. The highest BCUT2D eigenvalue weighted by molar-refractivity contribution is 7.88. The number of methoxy groups -OCH3 is 1. The molecule has 0 unspecified atom stereocenters. The van der Waals surface area contributed by atoms with Gasteiger partial charge in [-0.15, -0.1) is 0 Å². The van der Waals surface area contributed by atoms with E-state index in [0.717, 1.165) is 0 Å². The zero-order valence-electron chi connectivity index (χ0n) is 8.72. The minimum atomic E-state index is -3.55. The fourth-order valence-corrected chi connectivity index (χ4v) is 2.92. The Labute approximate surface area is 92.7 Å². The van der Waals surface area contributed by atoms with Crippen molar-refractivity contribution in [3.8, 4) is 5.88 Å². The SMILES string of the molecule is COc1nc(N(C)C)sc1CS(N)(=O)=O. The minimum absolute atomic E-state index is 0.248. The first-order chi connectivity index (χ1) is 6.83. The number of ether oxygens (including phenoxy) is 1. The molecular formula is C7H13N3O3S2. The van der Waals surface area contributed by atoms with Gasteiger partial charge in [-0.05, 0) is 0 Å². The van der Waals surface area contributed by atoms with Crippen LogP contribution < -0.4 is 14.8 Å². The van der Waals surface area contributed by atoms with Gasteiger partial charge in [0.25, 0.3) is 0 Å². The van der Waals surface area contributed by atoms with Gasteiger partial charge in [0.2, 0.25) is 15.9 Å². The van der Waals surface area contributed by atoms with E-state index in [1.165, 1.54) is 18.4 Å². The molecule has 1 aromatic heterocycles. The molecule has 86 valence electrons. The first-order valence-corrected chi connectivity index (χ1v) is 6.58. The van der Waals surface area contributed by atoms with Crippen LogP contribution in [0.15, 0.2) is 0 Å². The molecule has 6 nitrogen and oxygen atoms in total. The van der Waals surface area contributed by atoms with Crippen LogP contribution in [0.3, 0.4) is 0 Å². The number of thiazole rings is 1. The van der Waals surface area contributed by atoms with Gasteiger partial charge in [-0.3, -0.25) is 0 Å². The molecule has 0 atom stereocenters. The van der Waals surface area contributed by atoms with E-state index in [9.17, 15) is 8.42 Å². The summed E-state index contributed by atoms with van der Waals surface area (Å²) < 4.78 is 26.8. The van der Waals surface area contributed by atoms with Crippen molar-refractivity contribution in [2.45, 2.75) is 5.75 Å². The van der Waals surface area contributed by atoms with E-state index in [1.807, 2.05) is 14.1 Å². The molecule has 0 aliphatic carbocycles. The number of hydrogen-bond acceptors (Lipinski definition) is 6.